The van der Waals surface area contributed by atoms with Gasteiger partial charge in [-0.1, -0.05) is 127 Å². The minimum absolute atomic E-state index is 0.00134. The number of anilines is 6. The number of benzene rings is 5. The van der Waals surface area contributed by atoms with Crippen LogP contribution in [0, 0.1) is 18.3 Å². The molecular formula is C58H66BN3O. The second-order valence-corrected chi connectivity index (χ2v) is 24.4. The number of furan rings is 1. The lowest BCUT2D eigenvalue weighted by Crippen LogP contribution is -2.61. The topological polar surface area (TPSA) is 43.4 Å². The Bertz CT molecular complexity index is 2970. The number of nitrogens with zero attached hydrogens (tertiary/aromatic N) is 3. The molecule has 63 heavy (non-hydrogen) atoms. The molecule has 2 aliphatic heterocycles. The van der Waals surface area contributed by atoms with Crippen molar-refractivity contribution in [2.45, 2.75) is 162 Å². The van der Waals surface area contributed by atoms with Crippen molar-refractivity contribution in [3.05, 3.63) is 123 Å². The zero-order valence-corrected chi connectivity index (χ0v) is 40.7. The Morgan fingerprint density at radius 1 is 0.571 bits per heavy atom. The van der Waals surface area contributed by atoms with Crippen LogP contribution in [0.1, 0.15) is 167 Å². The van der Waals surface area contributed by atoms with E-state index in [2.05, 4.69) is 199 Å². The molecule has 0 spiro atoms. The second kappa shape index (κ2) is 13.2. The molecule has 3 heterocycles. The molecule has 0 fully saturated rings. The summed E-state index contributed by atoms with van der Waals surface area (Å²) in [5, 5.41) is 12.2. The van der Waals surface area contributed by atoms with E-state index < -0.39 is 0 Å². The Morgan fingerprint density at radius 2 is 1.11 bits per heavy atom. The molecule has 0 radical (unpaired) electrons. The Hall–Kier alpha value is -5.21. The van der Waals surface area contributed by atoms with Gasteiger partial charge in [-0.2, -0.15) is 5.26 Å². The summed E-state index contributed by atoms with van der Waals surface area (Å²) in [5.74, 6) is 0. The fourth-order valence-corrected chi connectivity index (χ4v) is 11.7. The number of hydrogen-bond donors (Lipinski definition) is 0. The quantitative estimate of drug-likeness (QED) is 0.163. The first-order valence-electron chi connectivity index (χ1n) is 23.5. The third kappa shape index (κ3) is 6.20. The highest BCUT2D eigenvalue weighted by Crippen LogP contribution is 2.53. The normalized spacial score (nSPS) is 18.9. The summed E-state index contributed by atoms with van der Waals surface area (Å²) in [4.78, 5) is 4.99. The van der Waals surface area contributed by atoms with Crippen LogP contribution in [0.3, 0.4) is 0 Å². The summed E-state index contributed by atoms with van der Waals surface area (Å²) in [6.07, 6.45) is 4.56. The lowest BCUT2D eigenvalue weighted by atomic mass is 9.35. The van der Waals surface area contributed by atoms with Crippen molar-refractivity contribution in [3.63, 3.8) is 0 Å². The molecule has 1 aromatic heterocycles. The number of fused-ring (bicyclic) bond motifs is 8. The monoisotopic (exact) mass is 832 g/mol. The summed E-state index contributed by atoms with van der Waals surface area (Å²) < 4.78 is 7.37. The summed E-state index contributed by atoms with van der Waals surface area (Å²) in [5.41, 5.74) is 21.1. The van der Waals surface area contributed by atoms with Gasteiger partial charge in [0.1, 0.15) is 5.58 Å². The molecule has 4 nitrogen and oxygen atoms in total. The van der Waals surface area contributed by atoms with Crippen molar-refractivity contribution in [2.75, 3.05) is 9.80 Å². The molecule has 0 atom stereocenters. The van der Waals surface area contributed by atoms with E-state index in [-0.39, 0.29) is 39.2 Å². The summed E-state index contributed by atoms with van der Waals surface area (Å²) in [6, 6.07) is 33.2. The third-order valence-corrected chi connectivity index (χ3v) is 16.0. The van der Waals surface area contributed by atoms with Crippen molar-refractivity contribution < 1.29 is 4.42 Å². The first kappa shape index (κ1) is 41.8. The predicted molar refractivity (Wildman–Crippen MR) is 268 cm³/mol. The molecule has 5 aromatic carbocycles. The van der Waals surface area contributed by atoms with E-state index in [1.807, 2.05) is 0 Å². The molecule has 0 saturated carbocycles. The number of hydrogen-bond acceptors (Lipinski definition) is 4. The van der Waals surface area contributed by atoms with Gasteiger partial charge in [-0.25, -0.2) is 0 Å². The molecule has 0 N–H and O–H groups in total. The minimum atomic E-state index is -0.195. The molecule has 322 valence electrons. The number of aryl methyl sites for hydroxylation is 1. The van der Waals surface area contributed by atoms with Gasteiger partial charge in [0.2, 0.25) is 0 Å². The SMILES string of the molecule is Cc1cc(C(C)(C)C)ccc1N1c2cc(C#N)cc3c2B(c2cc4c(cc2N3c2ccc3c(c2)C(C)(C)CCC3(C)C)C(C)(C)CCC4(C)C)c2oc3ccc(C(C)(C)C)cc3c21. The first-order chi connectivity index (χ1) is 29.3. The second-order valence-electron chi connectivity index (χ2n) is 24.4. The fourth-order valence-electron chi connectivity index (χ4n) is 11.7. The highest BCUT2D eigenvalue weighted by atomic mass is 16.3. The zero-order chi connectivity index (χ0) is 45.1. The van der Waals surface area contributed by atoms with Crippen LogP contribution in [0.4, 0.5) is 34.1 Å². The van der Waals surface area contributed by atoms with Crippen LogP contribution >= 0.6 is 0 Å². The van der Waals surface area contributed by atoms with Gasteiger partial charge in [0.05, 0.1) is 23.0 Å². The molecule has 6 aromatic rings. The zero-order valence-electron chi connectivity index (χ0n) is 40.7. The highest BCUT2D eigenvalue weighted by molar-refractivity contribution is 7.00. The predicted octanol–water partition coefficient (Wildman–Crippen LogP) is 14.0. The minimum Gasteiger partial charge on any atom is -0.468 e. The standard InChI is InChI=1S/C58H66BN3O/c1-34-26-36(53(2,3)4)16-20-45(34)62-48-28-35(33-60)27-47-50(48)59(52-51(62)39-29-37(54(5,6)7)17-21-49(39)63-52)44-31-42-43(58(14,15)25-24-57(42,12)13)32-46(44)61(47)38-18-19-40-41(30-38)56(10,11)23-22-55(40,8)9/h16-21,26-32H,22-25H2,1-15H3. The van der Waals surface area contributed by atoms with Gasteiger partial charge >= 0.3 is 0 Å². The van der Waals surface area contributed by atoms with Gasteiger partial charge in [0, 0.05) is 33.8 Å². The molecule has 0 bridgehead atoms. The molecule has 2 aliphatic carbocycles. The van der Waals surface area contributed by atoms with E-state index >= 15 is 0 Å². The van der Waals surface area contributed by atoms with Gasteiger partial charge < -0.3 is 14.2 Å². The fraction of sp³-hybridized carbons (Fsp3) is 0.431. The maximum Gasteiger partial charge on any atom is 0.297 e. The summed E-state index contributed by atoms with van der Waals surface area (Å²) >= 11 is 0. The van der Waals surface area contributed by atoms with Crippen molar-refractivity contribution in [1.82, 2.24) is 0 Å². The van der Waals surface area contributed by atoms with E-state index in [9.17, 15) is 5.26 Å². The lowest BCUT2D eigenvalue weighted by Gasteiger charge is -2.47. The Morgan fingerprint density at radius 3 is 1.70 bits per heavy atom. The highest BCUT2D eigenvalue weighted by Gasteiger charge is 2.50. The van der Waals surface area contributed by atoms with E-state index in [0.29, 0.717) is 5.56 Å². The molecule has 0 saturated heterocycles. The van der Waals surface area contributed by atoms with Crippen LogP contribution in [0.15, 0.2) is 83.3 Å². The van der Waals surface area contributed by atoms with Crippen molar-refractivity contribution in [3.8, 4) is 6.07 Å². The van der Waals surface area contributed by atoms with Gasteiger partial charge in [-0.05, 0) is 163 Å². The van der Waals surface area contributed by atoms with E-state index in [1.165, 1.54) is 62.0 Å². The van der Waals surface area contributed by atoms with Crippen LogP contribution in [-0.2, 0) is 32.5 Å². The van der Waals surface area contributed by atoms with Crippen LogP contribution in [0.25, 0.3) is 11.0 Å². The molecule has 5 heteroatoms. The average molecular weight is 832 g/mol. The third-order valence-electron chi connectivity index (χ3n) is 16.0. The Balaban J connectivity index is 1.36. The molecule has 4 aliphatic rings. The maximum atomic E-state index is 11.0. The number of nitriles is 1. The summed E-state index contributed by atoms with van der Waals surface area (Å²) in [6.45, 7) is 35.2. The Kier molecular flexibility index (Phi) is 8.75. The van der Waals surface area contributed by atoms with Crippen molar-refractivity contribution in [2.24, 2.45) is 0 Å². The Labute approximate surface area is 377 Å². The average Bonchev–Trinajstić information content (AvgIpc) is 3.59. The van der Waals surface area contributed by atoms with E-state index in [4.69, 9.17) is 4.42 Å². The summed E-state index contributed by atoms with van der Waals surface area (Å²) in [7, 11) is 0. The van der Waals surface area contributed by atoms with Crippen LogP contribution in [0.5, 0.6) is 0 Å². The van der Waals surface area contributed by atoms with E-state index in [1.54, 1.807) is 0 Å². The smallest absolute Gasteiger partial charge is 0.297 e. The maximum absolute atomic E-state index is 11.0. The molecule has 0 unspecified atom stereocenters. The molecular weight excluding hydrogens is 765 g/mol. The van der Waals surface area contributed by atoms with E-state index in [0.717, 1.165) is 64.3 Å². The largest absolute Gasteiger partial charge is 0.468 e. The lowest BCUT2D eigenvalue weighted by molar-refractivity contribution is 0.332. The first-order valence-corrected chi connectivity index (χ1v) is 23.5. The number of rotatable bonds is 2. The molecule has 10 rings (SSSR count). The van der Waals surface area contributed by atoms with Gasteiger partial charge in [0.15, 0.2) is 0 Å². The van der Waals surface area contributed by atoms with Crippen LogP contribution in [0.2, 0.25) is 0 Å². The molecule has 0 amide bonds. The van der Waals surface area contributed by atoms with Crippen molar-refractivity contribution >= 4 is 68.4 Å². The van der Waals surface area contributed by atoms with Gasteiger partial charge in [0.25, 0.3) is 6.71 Å². The van der Waals surface area contributed by atoms with Crippen LogP contribution < -0.4 is 26.4 Å². The van der Waals surface area contributed by atoms with Gasteiger partial charge in [-0.15, -0.1) is 0 Å². The van der Waals surface area contributed by atoms with Gasteiger partial charge in [-0.3, -0.25) is 0 Å². The van der Waals surface area contributed by atoms with Crippen LogP contribution in [-0.4, -0.2) is 6.71 Å². The van der Waals surface area contributed by atoms with Crippen molar-refractivity contribution in [1.29, 1.82) is 5.26 Å².